The number of fused-ring (bicyclic) bond motifs is 8. The van der Waals surface area contributed by atoms with Gasteiger partial charge in [-0.05, 0) is 131 Å². The molecule has 1 heteroatoms. The summed E-state index contributed by atoms with van der Waals surface area (Å²) in [5, 5.41) is 10.0. The molecule has 1 aliphatic carbocycles. The molecule has 1 nitrogen and oxygen atoms in total. The van der Waals surface area contributed by atoms with Gasteiger partial charge in [-0.2, -0.15) is 0 Å². The summed E-state index contributed by atoms with van der Waals surface area (Å²) in [5.74, 6) is 0. The van der Waals surface area contributed by atoms with Crippen LogP contribution >= 0.6 is 0 Å². The molecular formula is C51H37N. The van der Waals surface area contributed by atoms with Crippen LogP contribution in [0.4, 0.5) is 17.1 Å². The predicted octanol–water partition coefficient (Wildman–Crippen LogP) is 14.2. The number of hydrogen-bond acceptors (Lipinski definition) is 1. The third-order valence-corrected chi connectivity index (χ3v) is 11.1. The lowest BCUT2D eigenvalue weighted by atomic mass is 9.80. The first-order valence-corrected chi connectivity index (χ1v) is 18.2. The van der Waals surface area contributed by atoms with Gasteiger partial charge in [0.05, 0.1) is 0 Å². The minimum atomic E-state index is -0.162. The van der Waals surface area contributed by atoms with Gasteiger partial charge in [-0.15, -0.1) is 0 Å². The van der Waals surface area contributed by atoms with E-state index in [9.17, 15) is 0 Å². The molecule has 0 aromatic heterocycles. The first-order valence-electron chi connectivity index (χ1n) is 18.2. The first-order chi connectivity index (χ1) is 25.5. The van der Waals surface area contributed by atoms with Crippen molar-refractivity contribution < 1.29 is 0 Å². The fraction of sp³-hybridized carbons (Fsp3) is 0.0588. The Labute approximate surface area is 304 Å². The first kappa shape index (κ1) is 30.4. The smallest absolute Gasteiger partial charge is 0.0468 e. The highest BCUT2D eigenvalue weighted by molar-refractivity contribution is 6.08. The zero-order valence-electron chi connectivity index (χ0n) is 29.3. The lowest BCUT2D eigenvalue weighted by Crippen LogP contribution is -2.15. The van der Waals surface area contributed by atoms with Crippen molar-refractivity contribution in [1.82, 2.24) is 0 Å². The zero-order chi connectivity index (χ0) is 34.8. The molecular weight excluding hydrogens is 627 g/mol. The van der Waals surface area contributed by atoms with Crippen LogP contribution in [0.1, 0.15) is 36.1 Å². The van der Waals surface area contributed by atoms with E-state index in [1.807, 2.05) is 0 Å². The molecule has 0 spiro atoms. The Bertz CT molecular complexity index is 2800. The molecule has 0 saturated heterocycles. The Kier molecular flexibility index (Phi) is 6.91. The van der Waals surface area contributed by atoms with E-state index in [1.165, 1.54) is 76.5 Å². The van der Waals surface area contributed by atoms with E-state index in [0.29, 0.717) is 0 Å². The maximum Gasteiger partial charge on any atom is 0.0468 e. The van der Waals surface area contributed by atoms with Crippen molar-refractivity contribution in [3.8, 4) is 11.1 Å². The summed E-state index contributed by atoms with van der Waals surface area (Å²) in [6, 6.07) is 64.6. The highest BCUT2D eigenvalue weighted by Gasteiger charge is 2.37. The summed E-state index contributed by atoms with van der Waals surface area (Å²) in [5.41, 5.74) is 11.2. The summed E-state index contributed by atoms with van der Waals surface area (Å²) in [7, 11) is 0. The van der Waals surface area contributed by atoms with Gasteiger partial charge in [0.25, 0.3) is 0 Å². The van der Waals surface area contributed by atoms with Crippen LogP contribution in [0.2, 0.25) is 0 Å². The highest BCUT2D eigenvalue weighted by Crippen LogP contribution is 2.53. The maximum absolute atomic E-state index is 2.46. The molecule has 9 aromatic carbocycles. The van der Waals surface area contributed by atoms with Gasteiger partial charge in [-0.1, -0.05) is 147 Å². The molecule has 246 valence electrons. The van der Waals surface area contributed by atoms with Crippen molar-refractivity contribution in [3.05, 3.63) is 198 Å². The second-order valence-corrected chi connectivity index (χ2v) is 14.6. The highest BCUT2D eigenvalue weighted by atomic mass is 15.1. The van der Waals surface area contributed by atoms with E-state index in [1.54, 1.807) is 0 Å². The van der Waals surface area contributed by atoms with Crippen molar-refractivity contribution >= 4 is 72.3 Å². The van der Waals surface area contributed by atoms with E-state index in [2.05, 4.69) is 207 Å². The molecule has 0 heterocycles. The van der Waals surface area contributed by atoms with Gasteiger partial charge in [-0.25, -0.2) is 0 Å². The maximum atomic E-state index is 2.46. The Hall–Kier alpha value is -6.44. The van der Waals surface area contributed by atoms with E-state index < -0.39 is 0 Å². The molecule has 0 aliphatic heterocycles. The minimum Gasteiger partial charge on any atom is -0.310 e. The lowest BCUT2D eigenvalue weighted by Gasteiger charge is -2.27. The zero-order valence-corrected chi connectivity index (χ0v) is 29.3. The van der Waals surface area contributed by atoms with Gasteiger partial charge in [0.15, 0.2) is 0 Å². The fourth-order valence-electron chi connectivity index (χ4n) is 8.45. The van der Waals surface area contributed by atoms with Crippen molar-refractivity contribution in [2.45, 2.75) is 19.3 Å². The van der Waals surface area contributed by atoms with Crippen LogP contribution in [-0.2, 0) is 5.41 Å². The van der Waals surface area contributed by atoms with Crippen LogP contribution in [-0.4, -0.2) is 0 Å². The number of rotatable bonds is 5. The molecule has 0 radical (unpaired) electrons. The van der Waals surface area contributed by atoms with E-state index in [-0.39, 0.29) is 5.41 Å². The number of nitrogens with zero attached hydrogens (tertiary/aromatic N) is 1. The summed E-state index contributed by atoms with van der Waals surface area (Å²) in [6.45, 7) is 4.78. The van der Waals surface area contributed by atoms with Gasteiger partial charge in [0.2, 0.25) is 0 Å². The Morgan fingerprint density at radius 2 is 0.923 bits per heavy atom. The standard InChI is InChI=1S/C51H37N/c1-51(2)48-33-41-30-44(52(42-25-22-35-14-6-8-16-37(35)28-42)43-26-23-36-15-7-9-17-38(36)29-43)27-24-39(41)31-47(48)50-46-19-11-10-18-45(46)40(32-49(50)51)21-20-34-12-4-3-5-13-34/h3-33H,1-2H3/b21-20+. The molecule has 0 N–H and O–H groups in total. The molecule has 0 saturated carbocycles. The quantitative estimate of drug-likeness (QED) is 0.166. The SMILES string of the molecule is CC1(C)c2cc3cc(N(c4ccc5ccccc5c4)c4ccc5ccccc5c4)ccc3cc2-c2c1cc(/C=C/c1ccccc1)c1ccccc21. The van der Waals surface area contributed by atoms with Gasteiger partial charge in [0.1, 0.15) is 0 Å². The normalized spacial score (nSPS) is 13.3. The molecule has 1 aliphatic rings. The molecule has 52 heavy (non-hydrogen) atoms. The van der Waals surface area contributed by atoms with Gasteiger partial charge >= 0.3 is 0 Å². The van der Waals surface area contributed by atoms with Crippen LogP contribution in [0.5, 0.6) is 0 Å². The van der Waals surface area contributed by atoms with Crippen molar-refractivity contribution in [3.63, 3.8) is 0 Å². The molecule has 0 amide bonds. The van der Waals surface area contributed by atoms with Crippen LogP contribution in [0.15, 0.2) is 176 Å². The van der Waals surface area contributed by atoms with Crippen molar-refractivity contribution in [1.29, 1.82) is 0 Å². The molecule has 10 rings (SSSR count). The minimum absolute atomic E-state index is 0.162. The van der Waals surface area contributed by atoms with Gasteiger partial charge < -0.3 is 4.90 Å². The third kappa shape index (κ3) is 4.93. The predicted molar refractivity (Wildman–Crippen MR) is 224 cm³/mol. The number of hydrogen-bond donors (Lipinski definition) is 0. The molecule has 0 bridgehead atoms. The Morgan fingerprint density at radius 3 is 1.58 bits per heavy atom. The average Bonchev–Trinajstić information content (AvgIpc) is 3.41. The Morgan fingerprint density at radius 1 is 0.404 bits per heavy atom. The van der Waals surface area contributed by atoms with Crippen molar-refractivity contribution in [2.75, 3.05) is 4.90 Å². The molecule has 0 atom stereocenters. The van der Waals surface area contributed by atoms with E-state index >= 15 is 0 Å². The van der Waals surface area contributed by atoms with E-state index in [0.717, 1.165) is 17.1 Å². The monoisotopic (exact) mass is 663 g/mol. The number of anilines is 3. The number of benzene rings is 9. The largest absolute Gasteiger partial charge is 0.310 e. The fourth-order valence-corrected chi connectivity index (χ4v) is 8.45. The summed E-state index contributed by atoms with van der Waals surface area (Å²) < 4.78 is 0. The average molecular weight is 664 g/mol. The molecule has 0 unspecified atom stereocenters. The van der Waals surface area contributed by atoms with Crippen LogP contribution in [0.25, 0.3) is 66.4 Å². The molecule has 9 aromatic rings. The van der Waals surface area contributed by atoms with Gasteiger partial charge in [-0.3, -0.25) is 0 Å². The summed E-state index contributed by atoms with van der Waals surface area (Å²) in [4.78, 5) is 2.41. The molecule has 0 fully saturated rings. The second-order valence-electron chi connectivity index (χ2n) is 14.6. The third-order valence-electron chi connectivity index (χ3n) is 11.1. The lowest BCUT2D eigenvalue weighted by molar-refractivity contribution is 0.661. The van der Waals surface area contributed by atoms with Gasteiger partial charge in [0, 0.05) is 22.5 Å². The van der Waals surface area contributed by atoms with Crippen LogP contribution < -0.4 is 4.90 Å². The summed E-state index contributed by atoms with van der Waals surface area (Å²) in [6.07, 6.45) is 4.52. The van der Waals surface area contributed by atoms with Crippen molar-refractivity contribution in [2.24, 2.45) is 0 Å². The topological polar surface area (TPSA) is 3.24 Å². The summed E-state index contributed by atoms with van der Waals surface area (Å²) >= 11 is 0. The second kappa shape index (κ2) is 11.8. The van der Waals surface area contributed by atoms with Crippen LogP contribution in [0, 0.1) is 0 Å². The van der Waals surface area contributed by atoms with Crippen LogP contribution in [0.3, 0.4) is 0 Å². The Balaban J connectivity index is 1.14. The van der Waals surface area contributed by atoms with E-state index in [4.69, 9.17) is 0 Å².